The minimum absolute atomic E-state index is 0.165. The molecular weight excluding hydrogens is 382 g/mol. The first-order valence-electron chi connectivity index (χ1n) is 10.0. The van der Waals surface area contributed by atoms with E-state index < -0.39 is 23.9 Å². The third-order valence-electron chi connectivity index (χ3n) is 5.41. The lowest BCUT2D eigenvalue weighted by molar-refractivity contribution is -0.123. The number of anilines is 2. The second kappa shape index (κ2) is 8.06. The van der Waals surface area contributed by atoms with E-state index in [2.05, 4.69) is 22.6 Å². The van der Waals surface area contributed by atoms with Gasteiger partial charge in [-0.15, -0.1) is 0 Å². The Morgan fingerprint density at radius 2 is 1.53 bits per heavy atom. The van der Waals surface area contributed by atoms with Gasteiger partial charge in [0, 0.05) is 5.69 Å². The van der Waals surface area contributed by atoms with Crippen LogP contribution < -0.4 is 10.2 Å². The third kappa shape index (κ3) is 3.56. The van der Waals surface area contributed by atoms with E-state index in [1.54, 1.807) is 12.1 Å². The van der Waals surface area contributed by atoms with Crippen LogP contribution in [0.25, 0.3) is 0 Å². The molecule has 0 saturated carbocycles. The predicted octanol–water partition coefficient (Wildman–Crippen LogP) is 2.74. The summed E-state index contributed by atoms with van der Waals surface area (Å²) < 4.78 is 0. The molecule has 2 aliphatic rings. The first kappa shape index (κ1) is 19.8. The van der Waals surface area contributed by atoms with Crippen LogP contribution in [0.2, 0.25) is 0 Å². The molecule has 3 amide bonds. The van der Waals surface area contributed by atoms with Crippen LogP contribution in [0.5, 0.6) is 0 Å². The largest absolute Gasteiger partial charge is 0.324 e. The third-order valence-corrected chi connectivity index (χ3v) is 5.41. The second-order valence-electron chi connectivity index (χ2n) is 7.32. The number of hydrogen-bond donors (Lipinski definition) is 1. The quantitative estimate of drug-likeness (QED) is 0.748. The van der Waals surface area contributed by atoms with E-state index in [-0.39, 0.29) is 12.5 Å². The Morgan fingerprint density at radius 1 is 0.933 bits per heavy atom. The summed E-state index contributed by atoms with van der Waals surface area (Å²) in [6.45, 7) is 3.93. The molecule has 2 aromatic carbocycles. The highest BCUT2D eigenvalue weighted by Crippen LogP contribution is 2.31. The second-order valence-corrected chi connectivity index (χ2v) is 7.32. The number of nitrogens with zero attached hydrogens (tertiary/aromatic N) is 4. The van der Waals surface area contributed by atoms with Gasteiger partial charge in [0.1, 0.15) is 6.54 Å². The van der Waals surface area contributed by atoms with Gasteiger partial charge in [-0.2, -0.15) is 5.11 Å². The van der Waals surface area contributed by atoms with E-state index in [1.165, 1.54) is 10.6 Å². The number of aryl methyl sites for hydroxylation is 2. The topological polar surface area (TPSA) is 94.4 Å². The van der Waals surface area contributed by atoms with Gasteiger partial charge in [-0.3, -0.25) is 19.4 Å². The summed E-state index contributed by atoms with van der Waals surface area (Å²) >= 11 is 0. The Balaban J connectivity index is 1.45. The van der Waals surface area contributed by atoms with Crippen molar-refractivity contribution in [3.63, 3.8) is 0 Å². The van der Waals surface area contributed by atoms with E-state index in [4.69, 9.17) is 0 Å². The molecule has 1 N–H and O–H groups in total. The monoisotopic (exact) mass is 405 g/mol. The Labute approximate surface area is 174 Å². The summed E-state index contributed by atoms with van der Waals surface area (Å²) in [7, 11) is 0. The van der Waals surface area contributed by atoms with Crippen molar-refractivity contribution in [3.05, 3.63) is 59.7 Å². The van der Waals surface area contributed by atoms with Crippen LogP contribution in [-0.4, -0.2) is 41.4 Å². The summed E-state index contributed by atoms with van der Waals surface area (Å²) in [5.74, 6) is -1.17. The lowest BCUT2D eigenvalue weighted by Gasteiger charge is -2.20. The minimum atomic E-state index is -0.917. The number of benzene rings is 2. The highest BCUT2D eigenvalue weighted by molar-refractivity contribution is 6.25. The number of nitrogens with one attached hydrogen (secondary N) is 1. The van der Waals surface area contributed by atoms with Crippen molar-refractivity contribution >= 4 is 29.1 Å². The van der Waals surface area contributed by atoms with E-state index >= 15 is 0 Å². The zero-order valence-electron chi connectivity index (χ0n) is 16.9. The van der Waals surface area contributed by atoms with Crippen LogP contribution in [-0.2, 0) is 27.2 Å². The molecule has 8 heteroatoms. The summed E-state index contributed by atoms with van der Waals surface area (Å²) in [5.41, 5.74) is 3.46. The molecule has 4 rings (SSSR count). The van der Waals surface area contributed by atoms with Crippen molar-refractivity contribution in [1.82, 2.24) is 5.01 Å². The average Bonchev–Trinajstić information content (AvgIpc) is 3.28. The smallest absolute Gasteiger partial charge is 0.263 e. The highest BCUT2D eigenvalue weighted by Gasteiger charge is 2.55. The predicted molar refractivity (Wildman–Crippen MR) is 112 cm³/mol. The van der Waals surface area contributed by atoms with Gasteiger partial charge in [0.05, 0.1) is 5.69 Å². The summed E-state index contributed by atoms with van der Waals surface area (Å²) in [6, 6.07) is 13.0. The first-order valence-corrected chi connectivity index (χ1v) is 10.0. The fourth-order valence-electron chi connectivity index (χ4n) is 3.66. The lowest BCUT2D eigenvalue weighted by atomic mass is 10.1. The molecule has 2 atom stereocenters. The number of fused-ring (bicyclic) bond motifs is 1. The molecule has 30 heavy (non-hydrogen) atoms. The fourth-order valence-corrected chi connectivity index (χ4v) is 3.66. The normalized spacial score (nSPS) is 20.1. The van der Waals surface area contributed by atoms with Crippen LogP contribution in [0.15, 0.2) is 58.9 Å². The van der Waals surface area contributed by atoms with Crippen LogP contribution >= 0.6 is 0 Å². The van der Waals surface area contributed by atoms with Gasteiger partial charge < -0.3 is 5.32 Å². The summed E-state index contributed by atoms with van der Waals surface area (Å²) in [4.78, 5) is 39.3. The van der Waals surface area contributed by atoms with E-state index in [0.717, 1.165) is 23.3 Å². The summed E-state index contributed by atoms with van der Waals surface area (Å²) in [5, 5.41) is 12.0. The molecule has 0 radical (unpaired) electrons. The van der Waals surface area contributed by atoms with Crippen molar-refractivity contribution in [3.8, 4) is 0 Å². The molecule has 1 saturated heterocycles. The Kier molecular flexibility index (Phi) is 5.31. The van der Waals surface area contributed by atoms with E-state index in [9.17, 15) is 14.4 Å². The number of rotatable bonds is 6. The van der Waals surface area contributed by atoms with Crippen molar-refractivity contribution in [2.45, 2.75) is 38.8 Å². The van der Waals surface area contributed by atoms with Gasteiger partial charge in [0.25, 0.3) is 11.8 Å². The lowest BCUT2D eigenvalue weighted by Crippen LogP contribution is -2.43. The van der Waals surface area contributed by atoms with Crippen LogP contribution in [0.1, 0.15) is 25.0 Å². The van der Waals surface area contributed by atoms with Crippen molar-refractivity contribution < 1.29 is 14.4 Å². The maximum absolute atomic E-state index is 13.0. The van der Waals surface area contributed by atoms with Gasteiger partial charge in [-0.1, -0.05) is 43.3 Å². The van der Waals surface area contributed by atoms with Gasteiger partial charge >= 0.3 is 0 Å². The SMILES string of the molecule is CCc1ccc(NC(=O)CN2N=N[C@@H]3C(=O)N(c4ccc(CC)cc4)C(=O)[C@@H]32)cc1. The molecule has 2 heterocycles. The van der Waals surface area contributed by atoms with Gasteiger partial charge in [-0.25, -0.2) is 4.90 Å². The van der Waals surface area contributed by atoms with Crippen molar-refractivity contribution in [1.29, 1.82) is 0 Å². The fraction of sp³-hybridized carbons (Fsp3) is 0.318. The van der Waals surface area contributed by atoms with E-state index in [1.807, 2.05) is 43.3 Å². The molecule has 2 aromatic rings. The minimum Gasteiger partial charge on any atom is -0.324 e. The van der Waals surface area contributed by atoms with Crippen molar-refractivity contribution in [2.75, 3.05) is 16.8 Å². The Morgan fingerprint density at radius 3 is 2.13 bits per heavy atom. The molecule has 0 bridgehead atoms. The zero-order chi connectivity index (χ0) is 21.3. The summed E-state index contributed by atoms with van der Waals surface area (Å²) in [6.07, 6.45) is 1.78. The number of carbonyl (C=O) groups excluding carboxylic acids is 3. The number of amides is 3. The molecule has 1 fully saturated rings. The first-order chi connectivity index (χ1) is 14.5. The van der Waals surface area contributed by atoms with Crippen LogP contribution in [0, 0.1) is 0 Å². The zero-order valence-corrected chi connectivity index (χ0v) is 16.9. The molecule has 0 aliphatic carbocycles. The van der Waals surface area contributed by atoms with Gasteiger partial charge in [0.2, 0.25) is 5.91 Å². The van der Waals surface area contributed by atoms with Crippen LogP contribution in [0.4, 0.5) is 11.4 Å². The molecular formula is C22H23N5O3. The van der Waals surface area contributed by atoms with Crippen LogP contribution in [0.3, 0.4) is 0 Å². The van der Waals surface area contributed by atoms with Crippen molar-refractivity contribution in [2.24, 2.45) is 10.3 Å². The van der Waals surface area contributed by atoms with Gasteiger partial charge in [0.15, 0.2) is 12.1 Å². The van der Waals surface area contributed by atoms with Gasteiger partial charge in [-0.05, 0) is 48.2 Å². The number of carbonyl (C=O) groups is 3. The molecule has 0 spiro atoms. The Bertz CT molecular complexity index is 1000. The number of hydrogen-bond acceptors (Lipinski definition) is 6. The Hall–Kier alpha value is -3.55. The average molecular weight is 405 g/mol. The number of imide groups is 1. The molecule has 154 valence electrons. The molecule has 0 unspecified atom stereocenters. The molecule has 8 nitrogen and oxygen atoms in total. The molecule has 0 aromatic heterocycles. The standard InChI is InChI=1S/C22H23N5O3/c1-3-14-5-9-16(10-6-14)23-18(28)13-26-20-19(24-25-26)21(29)27(22(20)30)17-11-7-15(4-2)8-12-17/h5-12,19-20H,3-4,13H2,1-2H3,(H,23,28)/t19-,20+/m0/s1. The maximum Gasteiger partial charge on any atom is 0.263 e. The highest BCUT2D eigenvalue weighted by atomic mass is 16.2. The maximum atomic E-state index is 13.0. The molecule has 2 aliphatic heterocycles. The van der Waals surface area contributed by atoms with E-state index in [0.29, 0.717) is 11.4 Å².